The number of ether oxygens (including phenoxy) is 1. The van der Waals surface area contributed by atoms with E-state index in [1.807, 2.05) is 27.7 Å². The van der Waals surface area contributed by atoms with E-state index in [-0.39, 0.29) is 69.4 Å². The van der Waals surface area contributed by atoms with Gasteiger partial charge in [-0.05, 0) is 92.5 Å². The number of phenolic OH excluding ortho intramolecular Hbond substituents is 1. The summed E-state index contributed by atoms with van der Waals surface area (Å²) in [5.41, 5.74) is 13.5. The lowest BCUT2D eigenvalue weighted by atomic mass is 9.97. The molecule has 2 heterocycles. The number of aromatic hydroxyl groups is 1. The van der Waals surface area contributed by atoms with Gasteiger partial charge in [0.25, 0.3) is 5.91 Å². The molecule has 4 rings (SSSR count). The number of aromatic nitrogens is 2. The summed E-state index contributed by atoms with van der Waals surface area (Å²) < 4.78 is 5.18. The molecule has 10 amide bonds. The number of carboxylic acid groups (broad SMARTS) is 1. The van der Waals surface area contributed by atoms with E-state index in [1.54, 1.807) is 44.2 Å². The van der Waals surface area contributed by atoms with Crippen LogP contribution in [0, 0.1) is 17.8 Å². The third-order valence-corrected chi connectivity index (χ3v) is 14.3. The number of carboxylic acids is 1. The molecular weight excluding hydrogens is 1100 g/mol. The van der Waals surface area contributed by atoms with Crippen LogP contribution in [0.1, 0.15) is 116 Å². The fraction of sp³-hybridized carbons (Fsp3) is 0.552. The van der Waals surface area contributed by atoms with Crippen LogP contribution in [0.5, 0.6) is 5.75 Å². The number of likely N-dealkylation sites (tertiary alicyclic amines) is 1. The minimum absolute atomic E-state index is 0.0183. The average molecular weight is 1190 g/mol. The largest absolute Gasteiger partial charge is 0.508 e. The summed E-state index contributed by atoms with van der Waals surface area (Å²) >= 11 is 0. The maximum atomic E-state index is 14.5. The number of amides is 10. The van der Waals surface area contributed by atoms with Gasteiger partial charge in [0.2, 0.25) is 47.3 Å². The van der Waals surface area contributed by atoms with Crippen LogP contribution in [-0.4, -0.2) is 158 Å². The standard InChI is InChI=1S/C58H85N13O14/c1-7-35(6)48(60)55(81)67-42(26-33(2)3)52(78)65-40(16-11-12-24-59)51(77)66-41(22-23-47(74)75)57(83)71-25-13-17-45(71)54(80)69-49(34(4)5)56(82)68-44(28-38-29-61-32-63-38)50(76)62-30-46(73)64-43(27-36-18-20-39(72)21-19-36)53(79)70-58(84)85-31-37-14-9-8-10-15-37/h8-10,14-15,18-21,29,32-35,40-45,48-49,72H,7,11-13,16-17,22-28,30-31,59-60H2,1-6H3,(H,61,63)(H,62,76)(H,64,73)(H,65,78)(H,66,77)(H,67,81)(H,68,82)(H,69,80)(H,74,75)(H,70,79,84)/t35-,40-,41-,42-,43-,44-,45-,48-,49-/m0/s1. The fourth-order valence-corrected chi connectivity index (χ4v) is 9.25. The van der Waals surface area contributed by atoms with E-state index in [1.165, 1.54) is 41.7 Å². The number of carbonyl (C=O) groups excluding carboxylic acids is 10. The van der Waals surface area contributed by atoms with E-state index in [4.69, 9.17) is 16.2 Å². The van der Waals surface area contributed by atoms with Crippen LogP contribution in [0.3, 0.4) is 0 Å². The van der Waals surface area contributed by atoms with E-state index in [0.29, 0.717) is 42.5 Å². The summed E-state index contributed by atoms with van der Waals surface area (Å²) in [6.45, 7) is 10.1. The van der Waals surface area contributed by atoms with Crippen LogP contribution < -0.4 is 54.0 Å². The predicted octanol–water partition coefficient (Wildman–Crippen LogP) is 0.439. The quantitative estimate of drug-likeness (QED) is 0.0361. The van der Waals surface area contributed by atoms with Gasteiger partial charge in [0.05, 0.1) is 18.9 Å². The molecule has 27 nitrogen and oxygen atoms in total. The van der Waals surface area contributed by atoms with Gasteiger partial charge in [-0.2, -0.15) is 0 Å². The number of benzene rings is 2. The Morgan fingerprint density at radius 3 is 2.00 bits per heavy atom. The number of nitrogens with two attached hydrogens (primary N) is 2. The van der Waals surface area contributed by atoms with Gasteiger partial charge in [-0.15, -0.1) is 0 Å². The topological polar surface area (TPSA) is 418 Å². The number of alkyl carbamates (subject to hydrolysis) is 1. The molecular formula is C58H85N13O14. The van der Waals surface area contributed by atoms with Crippen LogP contribution in [0.25, 0.3) is 0 Å². The molecule has 0 aliphatic carbocycles. The van der Waals surface area contributed by atoms with Gasteiger partial charge in [0.15, 0.2) is 0 Å². The first-order valence-corrected chi connectivity index (χ1v) is 28.7. The number of hydrogen-bond acceptors (Lipinski definition) is 16. The first kappa shape index (κ1) is 69.0. The molecule has 0 saturated carbocycles. The third-order valence-electron chi connectivity index (χ3n) is 14.3. The van der Waals surface area contributed by atoms with Crippen molar-refractivity contribution in [1.29, 1.82) is 0 Å². The molecule has 0 spiro atoms. The lowest BCUT2D eigenvalue weighted by Crippen LogP contribution is -2.60. The van der Waals surface area contributed by atoms with Crippen molar-refractivity contribution >= 4 is 65.2 Å². The van der Waals surface area contributed by atoms with Crippen molar-refractivity contribution in [2.45, 2.75) is 167 Å². The Bertz CT molecular complexity index is 2710. The highest BCUT2D eigenvalue weighted by molar-refractivity contribution is 5.99. The molecule has 1 aliphatic rings. The van der Waals surface area contributed by atoms with E-state index in [0.717, 1.165) is 0 Å². The predicted molar refractivity (Wildman–Crippen MR) is 310 cm³/mol. The molecule has 27 heteroatoms. The number of imidazole rings is 1. The molecule has 0 unspecified atom stereocenters. The van der Waals surface area contributed by atoms with Crippen LogP contribution in [0.4, 0.5) is 4.79 Å². The second kappa shape index (κ2) is 35.0. The molecule has 0 bridgehead atoms. The van der Waals surface area contributed by atoms with Crippen molar-refractivity contribution in [1.82, 2.24) is 57.4 Å². The van der Waals surface area contributed by atoms with Crippen LogP contribution in [0.2, 0.25) is 0 Å². The summed E-state index contributed by atoms with van der Waals surface area (Å²) in [7, 11) is 0. The number of hydrogen-bond donors (Lipinski definition) is 13. The zero-order chi connectivity index (χ0) is 62.8. The fourth-order valence-electron chi connectivity index (χ4n) is 9.25. The summed E-state index contributed by atoms with van der Waals surface area (Å²) in [5.74, 6) is -9.27. The van der Waals surface area contributed by atoms with Gasteiger partial charge in [0, 0.05) is 37.7 Å². The van der Waals surface area contributed by atoms with Gasteiger partial charge < -0.3 is 73.5 Å². The SMILES string of the molecule is CC[C@H](C)[C@H](N)C(=O)N[C@@H](CC(C)C)C(=O)N[C@@H](CCCCN)C(=O)N[C@@H](CCC(=O)O)C(=O)N1CCC[C@H]1C(=O)N[C@H](C(=O)N[C@@H](Cc1cnc[nH]1)C(=O)NCC(=O)N[C@@H](Cc1ccc(O)cc1)C(=O)NC(=O)OCc1ccccc1)C(C)C. The number of phenols is 1. The Morgan fingerprint density at radius 1 is 0.729 bits per heavy atom. The molecule has 1 aromatic heterocycles. The number of H-pyrrole nitrogens is 1. The number of nitrogens with one attached hydrogen (secondary N) is 9. The number of rotatable bonds is 34. The smallest absolute Gasteiger partial charge is 0.414 e. The van der Waals surface area contributed by atoms with E-state index in [2.05, 4.69) is 52.5 Å². The van der Waals surface area contributed by atoms with Crippen molar-refractivity contribution in [3.63, 3.8) is 0 Å². The van der Waals surface area contributed by atoms with E-state index >= 15 is 0 Å². The van der Waals surface area contributed by atoms with Crippen LogP contribution in [0.15, 0.2) is 67.1 Å². The Labute approximate surface area is 494 Å². The van der Waals surface area contributed by atoms with Gasteiger partial charge in [-0.1, -0.05) is 90.4 Å². The minimum Gasteiger partial charge on any atom is -0.508 e. The molecule has 3 aromatic rings. The zero-order valence-electron chi connectivity index (χ0n) is 49.2. The van der Waals surface area contributed by atoms with Crippen LogP contribution >= 0.6 is 0 Å². The molecule has 2 aromatic carbocycles. The van der Waals surface area contributed by atoms with Crippen molar-refractivity contribution in [3.8, 4) is 5.75 Å². The van der Waals surface area contributed by atoms with Crippen molar-refractivity contribution in [2.24, 2.45) is 29.2 Å². The second-order valence-corrected chi connectivity index (χ2v) is 22.0. The summed E-state index contributed by atoms with van der Waals surface area (Å²) in [6, 6.07) is 4.44. The summed E-state index contributed by atoms with van der Waals surface area (Å²) in [5, 5.41) is 40.0. The monoisotopic (exact) mass is 1190 g/mol. The Balaban J connectivity index is 1.48. The molecule has 85 heavy (non-hydrogen) atoms. The number of unbranched alkanes of at least 4 members (excludes halogenated alkanes) is 1. The maximum Gasteiger partial charge on any atom is 0.414 e. The lowest BCUT2D eigenvalue weighted by molar-refractivity contribution is -0.144. The van der Waals surface area contributed by atoms with Crippen molar-refractivity contribution in [3.05, 3.63) is 83.9 Å². The number of carbonyl (C=O) groups is 11. The number of nitrogens with zero attached hydrogens (tertiary/aromatic N) is 2. The second-order valence-electron chi connectivity index (χ2n) is 22.0. The van der Waals surface area contributed by atoms with Gasteiger partial charge in [0.1, 0.15) is 54.6 Å². The van der Waals surface area contributed by atoms with Gasteiger partial charge in [-0.3, -0.25) is 53.3 Å². The van der Waals surface area contributed by atoms with Gasteiger partial charge >= 0.3 is 12.1 Å². The molecule has 466 valence electrons. The van der Waals surface area contributed by atoms with Crippen molar-refractivity contribution < 1.29 is 67.7 Å². The first-order chi connectivity index (χ1) is 40.4. The van der Waals surface area contributed by atoms with Gasteiger partial charge in [-0.25, -0.2) is 9.78 Å². The zero-order valence-corrected chi connectivity index (χ0v) is 49.2. The van der Waals surface area contributed by atoms with E-state index in [9.17, 15) is 63.0 Å². The normalized spacial score (nSPS) is 15.8. The first-order valence-electron chi connectivity index (χ1n) is 28.7. The molecule has 0 radical (unpaired) electrons. The molecule has 1 fully saturated rings. The number of imide groups is 1. The average Bonchev–Trinajstić information content (AvgIpc) is 3.67. The highest BCUT2D eigenvalue weighted by Crippen LogP contribution is 2.22. The highest BCUT2D eigenvalue weighted by Gasteiger charge is 2.41. The van der Waals surface area contributed by atoms with E-state index < -0.39 is 139 Å². The third kappa shape index (κ3) is 23.3. The number of aromatic amines is 1. The lowest BCUT2D eigenvalue weighted by Gasteiger charge is -2.31. The van der Waals surface area contributed by atoms with Crippen LogP contribution in [-0.2, 0) is 72.1 Å². The molecule has 1 saturated heterocycles. The molecule has 9 atom stereocenters. The summed E-state index contributed by atoms with van der Waals surface area (Å²) in [6.07, 6.45) is 2.54. The minimum atomic E-state index is -1.49. The Morgan fingerprint density at radius 2 is 1.38 bits per heavy atom. The Kier molecular flexibility index (Phi) is 28.4. The Hall–Kier alpha value is -8.46. The highest BCUT2D eigenvalue weighted by atomic mass is 16.5. The maximum absolute atomic E-state index is 14.5. The summed E-state index contributed by atoms with van der Waals surface area (Å²) in [4.78, 5) is 158. The molecule has 1 aliphatic heterocycles. The van der Waals surface area contributed by atoms with Crippen molar-refractivity contribution in [2.75, 3.05) is 19.6 Å². The number of aliphatic carboxylic acids is 1. The molecule has 15 N–H and O–H groups in total.